The monoisotopic (exact) mass is 315 g/mol. The first kappa shape index (κ1) is 13.9. The van der Waals surface area contributed by atoms with E-state index in [4.69, 9.17) is 5.73 Å². The van der Waals surface area contributed by atoms with Gasteiger partial charge in [-0.15, -0.1) is 5.10 Å². The fraction of sp³-hybridized carbons (Fsp3) is 0.364. The first-order valence-corrected chi connectivity index (χ1v) is 7.93. The lowest BCUT2D eigenvalue weighted by atomic mass is 10.1. The summed E-state index contributed by atoms with van der Waals surface area (Å²) in [6.45, 7) is 0. The fourth-order valence-electron chi connectivity index (χ4n) is 2.32. The molecule has 1 fully saturated rings. The Morgan fingerprint density at radius 1 is 1.29 bits per heavy atom. The molecule has 1 aromatic heterocycles. The summed E-state index contributed by atoms with van der Waals surface area (Å²) in [5, 5.41) is 10.9. The van der Waals surface area contributed by atoms with Crippen LogP contribution < -0.4 is 5.73 Å². The number of sulfone groups is 1. The molecule has 2 heterocycles. The fourth-order valence-corrected chi connectivity index (χ4v) is 4.01. The van der Waals surface area contributed by atoms with Crippen LogP contribution in [0.25, 0.3) is 11.4 Å². The molecule has 3 rings (SSSR count). The van der Waals surface area contributed by atoms with E-state index in [0.717, 1.165) is 6.07 Å². The minimum absolute atomic E-state index is 0.0290. The number of aromatic nitrogens is 4. The molecule has 21 heavy (non-hydrogen) atoms. The van der Waals surface area contributed by atoms with Gasteiger partial charge in [0.25, 0.3) is 0 Å². The molecule has 0 aliphatic carbocycles. The van der Waals surface area contributed by atoms with Gasteiger partial charge in [0, 0.05) is 6.07 Å². The van der Waals surface area contributed by atoms with Crippen LogP contribution in [0.2, 0.25) is 0 Å². The lowest BCUT2D eigenvalue weighted by Crippen LogP contribution is -2.14. The molecule has 1 unspecified atom stereocenters. The maximum absolute atomic E-state index is 13.9. The van der Waals surface area contributed by atoms with Crippen LogP contribution in [-0.4, -0.2) is 40.1 Å². The average molecular weight is 315 g/mol. The van der Waals surface area contributed by atoms with Gasteiger partial charge >= 0.3 is 0 Å². The first-order chi connectivity index (χ1) is 9.87. The van der Waals surface area contributed by atoms with Gasteiger partial charge in [0.2, 0.25) is 0 Å². The van der Waals surface area contributed by atoms with Crippen LogP contribution in [0.1, 0.15) is 12.5 Å². The van der Waals surface area contributed by atoms with Crippen molar-refractivity contribution < 1.29 is 17.2 Å². The molecular formula is C11H11F2N5O2S. The number of benzene rings is 1. The lowest BCUT2D eigenvalue weighted by molar-refractivity contribution is 0.487. The summed E-state index contributed by atoms with van der Waals surface area (Å²) in [6.07, 6.45) is 0.346. The van der Waals surface area contributed by atoms with E-state index < -0.39 is 27.5 Å². The molecule has 1 aliphatic heterocycles. The van der Waals surface area contributed by atoms with Crippen molar-refractivity contribution in [1.29, 1.82) is 0 Å². The van der Waals surface area contributed by atoms with Gasteiger partial charge in [0.15, 0.2) is 15.7 Å². The number of anilines is 1. The highest BCUT2D eigenvalue weighted by molar-refractivity contribution is 7.91. The van der Waals surface area contributed by atoms with Crippen molar-refractivity contribution in [3.05, 3.63) is 23.8 Å². The molecule has 0 amide bonds. The van der Waals surface area contributed by atoms with E-state index in [-0.39, 0.29) is 28.6 Å². The van der Waals surface area contributed by atoms with E-state index in [9.17, 15) is 17.2 Å². The number of hydrogen-bond donors (Lipinski definition) is 1. The van der Waals surface area contributed by atoms with Crippen molar-refractivity contribution in [2.75, 3.05) is 17.2 Å². The SMILES string of the molecule is Nc1cc(-c2nnnn2C2CCS(=O)(=O)C2)c(F)cc1F. The zero-order chi connectivity index (χ0) is 15.2. The average Bonchev–Trinajstić information content (AvgIpc) is 3.00. The molecule has 2 N–H and O–H groups in total. The second-order valence-electron chi connectivity index (χ2n) is 4.86. The van der Waals surface area contributed by atoms with Gasteiger partial charge < -0.3 is 5.73 Å². The predicted octanol–water partition coefficient (Wildman–Crippen LogP) is 0.560. The molecule has 2 aromatic rings. The van der Waals surface area contributed by atoms with E-state index in [2.05, 4.69) is 15.5 Å². The number of hydrogen-bond acceptors (Lipinski definition) is 6. The van der Waals surface area contributed by atoms with Crippen molar-refractivity contribution in [3.63, 3.8) is 0 Å². The van der Waals surface area contributed by atoms with Crippen LogP contribution in [0.15, 0.2) is 12.1 Å². The maximum Gasteiger partial charge on any atom is 0.185 e. The van der Waals surface area contributed by atoms with Gasteiger partial charge in [-0.2, -0.15) is 0 Å². The lowest BCUT2D eigenvalue weighted by Gasteiger charge is -2.11. The predicted molar refractivity (Wildman–Crippen MR) is 69.9 cm³/mol. The summed E-state index contributed by atoms with van der Waals surface area (Å²) in [4.78, 5) is 0. The van der Waals surface area contributed by atoms with E-state index in [1.165, 1.54) is 4.68 Å². The number of halogens is 2. The molecule has 7 nitrogen and oxygen atoms in total. The first-order valence-electron chi connectivity index (χ1n) is 6.10. The summed E-state index contributed by atoms with van der Waals surface area (Å²) in [5.74, 6) is -1.78. The standard InChI is InChI=1S/C11H11F2N5O2S/c12-8-4-9(13)10(14)3-7(8)11-15-16-17-18(11)6-1-2-21(19,20)5-6/h3-4,6H,1-2,5,14H2. The van der Waals surface area contributed by atoms with Crippen molar-refractivity contribution in [3.8, 4) is 11.4 Å². The topological polar surface area (TPSA) is 104 Å². The minimum Gasteiger partial charge on any atom is -0.396 e. The van der Waals surface area contributed by atoms with Gasteiger partial charge in [-0.3, -0.25) is 0 Å². The second kappa shape index (κ2) is 4.72. The van der Waals surface area contributed by atoms with Gasteiger partial charge in [-0.25, -0.2) is 21.9 Å². The quantitative estimate of drug-likeness (QED) is 0.812. The summed E-state index contributed by atoms with van der Waals surface area (Å²) in [5.41, 5.74) is 5.12. The smallest absolute Gasteiger partial charge is 0.185 e. The molecule has 1 saturated heterocycles. The number of nitrogen functional groups attached to an aromatic ring is 1. The third-order valence-corrected chi connectivity index (χ3v) is 5.12. The Labute approximate surface area is 118 Å². The summed E-state index contributed by atoms with van der Waals surface area (Å²) in [6, 6.07) is 1.27. The Kier molecular flexibility index (Phi) is 3.12. The second-order valence-corrected chi connectivity index (χ2v) is 7.09. The Morgan fingerprint density at radius 3 is 2.71 bits per heavy atom. The van der Waals surface area contributed by atoms with Crippen LogP contribution in [0.5, 0.6) is 0 Å². The summed E-state index contributed by atoms with van der Waals surface area (Å²) in [7, 11) is -3.14. The molecule has 0 saturated carbocycles. The van der Waals surface area contributed by atoms with Crippen molar-refractivity contribution in [2.45, 2.75) is 12.5 Å². The van der Waals surface area contributed by atoms with Gasteiger partial charge in [0.05, 0.1) is 28.8 Å². The van der Waals surface area contributed by atoms with E-state index in [0.29, 0.717) is 12.5 Å². The highest BCUT2D eigenvalue weighted by Crippen LogP contribution is 2.30. The molecule has 0 radical (unpaired) electrons. The number of nitrogens with two attached hydrogens (primary N) is 1. The molecule has 1 aliphatic rings. The van der Waals surface area contributed by atoms with Gasteiger partial charge in [0.1, 0.15) is 11.6 Å². The van der Waals surface area contributed by atoms with Crippen molar-refractivity contribution >= 4 is 15.5 Å². The molecule has 112 valence electrons. The molecular weight excluding hydrogens is 304 g/mol. The molecule has 10 heteroatoms. The zero-order valence-corrected chi connectivity index (χ0v) is 11.5. The molecule has 0 spiro atoms. The van der Waals surface area contributed by atoms with E-state index in [1.807, 2.05) is 0 Å². The Hall–Kier alpha value is -2.10. The van der Waals surface area contributed by atoms with Crippen LogP contribution in [0.4, 0.5) is 14.5 Å². The summed E-state index contributed by atoms with van der Waals surface area (Å²) >= 11 is 0. The van der Waals surface area contributed by atoms with Crippen LogP contribution in [0.3, 0.4) is 0 Å². The Bertz CT molecular complexity index is 805. The molecule has 1 atom stereocenters. The van der Waals surface area contributed by atoms with Crippen LogP contribution in [0, 0.1) is 11.6 Å². The third-order valence-electron chi connectivity index (χ3n) is 3.37. The number of nitrogens with zero attached hydrogens (tertiary/aromatic N) is 4. The number of rotatable bonds is 2. The minimum atomic E-state index is -3.14. The van der Waals surface area contributed by atoms with Gasteiger partial charge in [-0.1, -0.05) is 0 Å². The van der Waals surface area contributed by atoms with Crippen LogP contribution in [-0.2, 0) is 9.84 Å². The largest absolute Gasteiger partial charge is 0.396 e. The van der Waals surface area contributed by atoms with Crippen molar-refractivity contribution in [2.24, 2.45) is 0 Å². The highest BCUT2D eigenvalue weighted by atomic mass is 32.2. The Morgan fingerprint density at radius 2 is 2.05 bits per heavy atom. The van der Waals surface area contributed by atoms with E-state index >= 15 is 0 Å². The number of tetrazole rings is 1. The normalized spacial score (nSPS) is 20.8. The molecule has 0 bridgehead atoms. The highest BCUT2D eigenvalue weighted by Gasteiger charge is 2.32. The summed E-state index contributed by atoms with van der Waals surface area (Å²) < 4.78 is 51.4. The van der Waals surface area contributed by atoms with Gasteiger partial charge in [-0.05, 0) is 22.9 Å². The van der Waals surface area contributed by atoms with Crippen LogP contribution >= 0.6 is 0 Å². The molecule has 1 aromatic carbocycles. The maximum atomic E-state index is 13.9. The zero-order valence-electron chi connectivity index (χ0n) is 10.7. The third kappa shape index (κ3) is 2.46. The van der Waals surface area contributed by atoms with Crippen molar-refractivity contribution in [1.82, 2.24) is 20.2 Å². The van der Waals surface area contributed by atoms with E-state index in [1.54, 1.807) is 0 Å². The Balaban J connectivity index is 2.06.